The average molecular weight is 253 g/mol. The molecule has 0 bridgehead atoms. The van der Waals surface area contributed by atoms with Crippen molar-refractivity contribution in [3.05, 3.63) is 58.7 Å². The van der Waals surface area contributed by atoms with Crippen molar-refractivity contribution in [2.24, 2.45) is 4.99 Å². The molecule has 0 fully saturated rings. The van der Waals surface area contributed by atoms with E-state index in [1.807, 2.05) is 30.5 Å². The van der Waals surface area contributed by atoms with Gasteiger partial charge in [0, 0.05) is 6.21 Å². The zero-order valence-electron chi connectivity index (χ0n) is 11.9. The molecule has 2 nitrogen and oxygen atoms in total. The molecule has 0 aliphatic carbocycles. The molecule has 0 saturated carbocycles. The Labute approximate surface area is 114 Å². The Bertz CT molecular complexity index is 591. The molecule has 0 amide bonds. The summed E-state index contributed by atoms with van der Waals surface area (Å²) in [4.78, 5) is 4.61. The van der Waals surface area contributed by atoms with Gasteiger partial charge < -0.3 is 4.74 Å². The molecule has 98 valence electrons. The van der Waals surface area contributed by atoms with E-state index in [0.29, 0.717) is 0 Å². The van der Waals surface area contributed by atoms with Gasteiger partial charge >= 0.3 is 0 Å². The summed E-state index contributed by atoms with van der Waals surface area (Å²) in [5.74, 6) is 0.848. The Kier molecular flexibility index (Phi) is 4.00. The second-order valence-electron chi connectivity index (χ2n) is 4.78. The fourth-order valence-corrected chi connectivity index (χ4v) is 2.24. The lowest BCUT2D eigenvalue weighted by molar-refractivity contribution is 0.415. The summed E-state index contributed by atoms with van der Waals surface area (Å²) in [5.41, 5.74) is 5.77. The highest BCUT2D eigenvalue weighted by Crippen LogP contribution is 2.25. The Morgan fingerprint density at radius 2 is 1.68 bits per heavy atom. The van der Waals surface area contributed by atoms with Gasteiger partial charge in [-0.15, -0.1) is 0 Å². The molecule has 2 rings (SSSR count). The average Bonchev–Trinajstić information content (AvgIpc) is 2.37. The third-order valence-corrected chi connectivity index (χ3v) is 3.07. The maximum absolute atomic E-state index is 5.21. The lowest BCUT2D eigenvalue weighted by Crippen LogP contribution is -1.87. The van der Waals surface area contributed by atoms with Gasteiger partial charge in [-0.2, -0.15) is 0 Å². The Morgan fingerprint density at radius 3 is 2.32 bits per heavy atom. The van der Waals surface area contributed by atoms with Crippen LogP contribution >= 0.6 is 0 Å². The molecule has 0 unspecified atom stereocenters. The van der Waals surface area contributed by atoms with Gasteiger partial charge in [-0.1, -0.05) is 29.8 Å². The number of methoxy groups -OCH3 is 1. The highest BCUT2D eigenvalue weighted by molar-refractivity contribution is 5.83. The molecule has 0 aromatic heterocycles. The SMILES string of the molecule is COc1cccc(C=Nc2c(C)cc(C)cc2C)c1. The molecular weight excluding hydrogens is 234 g/mol. The molecule has 0 atom stereocenters. The molecule has 2 aromatic carbocycles. The van der Waals surface area contributed by atoms with E-state index in [4.69, 9.17) is 4.74 Å². The van der Waals surface area contributed by atoms with Gasteiger partial charge in [-0.25, -0.2) is 0 Å². The minimum Gasteiger partial charge on any atom is -0.497 e. The maximum atomic E-state index is 5.21. The van der Waals surface area contributed by atoms with E-state index in [0.717, 1.165) is 17.0 Å². The van der Waals surface area contributed by atoms with E-state index in [-0.39, 0.29) is 0 Å². The predicted octanol–water partition coefficient (Wildman–Crippen LogP) is 4.37. The maximum Gasteiger partial charge on any atom is 0.119 e. The van der Waals surface area contributed by atoms with Crippen LogP contribution in [0.25, 0.3) is 0 Å². The molecular formula is C17H19NO. The standard InChI is InChI=1S/C17H19NO/c1-12-8-13(2)17(14(3)9-12)18-11-15-6-5-7-16(10-15)19-4/h5-11H,1-4H3. The topological polar surface area (TPSA) is 21.6 Å². The minimum absolute atomic E-state index is 0.848. The largest absolute Gasteiger partial charge is 0.497 e. The number of aryl methyl sites for hydroxylation is 3. The van der Waals surface area contributed by atoms with E-state index in [2.05, 4.69) is 37.9 Å². The molecule has 2 aromatic rings. The van der Waals surface area contributed by atoms with Gasteiger partial charge in [-0.3, -0.25) is 4.99 Å². The fourth-order valence-electron chi connectivity index (χ4n) is 2.24. The van der Waals surface area contributed by atoms with Crippen LogP contribution in [0, 0.1) is 20.8 Å². The van der Waals surface area contributed by atoms with Gasteiger partial charge in [0.25, 0.3) is 0 Å². The van der Waals surface area contributed by atoms with Crippen LogP contribution in [0.4, 0.5) is 5.69 Å². The van der Waals surface area contributed by atoms with Crippen LogP contribution in [0.3, 0.4) is 0 Å². The van der Waals surface area contributed by atoms with Crippen LogP contribution in [0.2, 0.25) is 0 Å². The van der Waals surface area contributed by atoms with Crippen molar-refractivity contribution in [1.29, 1.82) is 0 Å². The smallest absolute Gasteiger partial charge is 0.119 e. The van der Waals surface area contributed by atoms with Crippen LogP contribution in [0.1, 0.15) is 22.3 Å². The van der Waals surface area contributed by atoms with Crippen LogP contribution in [-0.4, -0.2) is 13.3 Å². The Hall–Kier alpha value is -2.09. The quantitative estimate of drug-likeness (QED) is 0.744. The van der Waals surface area contributed by atoms with Crippen LogP contribution < -0.4 is 4.74 Å². The summed E-state index contributed by atoms with van der Waals surface area (Å²) >= 11 is 0. The number of hydrogen-bond acceptors (Lipinski definition) is 2. The zero-order valence-corrected chi connectivity index (χ0v) is 11.9. The number of benzene rings is 2. The van der Waals surface area contributed by atoms with Crippen molar-refractivity contribution in [3.8, 4) is 5.75 Å². The summed E-state index contributed by atoms with van der Waals surface area (Å²) in [7, 11) is 1.67. The summed E-state index contributed by atoms with van der Waals surface area (Å²) in [6, 6.07) is 12.2. The van der Waals surface area contributed by atoms with Gasteiger partial charge in [0.2, 0.25) is 0 Å². The van der Waals surface area contributed by atoms with E-state index in [1.54, 1.807) is 7.11 Å². The number of hydrogen-bond donors (Lipinski definition) is 0. The third kappa shape index (κ3) is 3.22. The predicted molar refractivity (Wildman–Crippen MR) is 80.9 cm³/mol. The third-order valence-electron chi connectivity index (χ3n) is 3.07. The Balaban J connectivity index is 2.32. The number of rotatable bonds is 3. The van der Waals surface area contributed by atoms with Crippen molar-refractivity contribution in [3.63, 3.8) is 0 Å². The summed E-state index contributed by atoms with van der Waals surface area (Å²) in [5, 5.41) is 0. The second kappa shape index (κ2) is 5.70. The Morgan fingerprint density at radius 1 is 1.00 bits per heavy atom. The lowest BCUT2D eigenvalue weighted by Gasteiger charge is -2.06. The van der Waals surface area contributed by atoms with Crippen molar-refractivity contribution in [2.45, 2.75) is 20.8 Å². The molecule has 2 heteroatoms. The molecule has 19 heavy (non-hydrogen) atoms. The number of aliphatic imine (C=N–C) groups is 1. The molecule has 0 spiro atoms. The first-order valence-electron chi connectivity index (χ1n) is 6.36. The van der Waals surface area contributed by atoms with Crippen molar-refractivity contribution >= 4 is 11.9 Å². The lowest BCUT2D eigenvalue weighted by atomic mass is 10.1. The molecule has 0 aliphatic rings. The first-order valence-corrected chi connectivity index (χ1v) is 6.36. The van der Waals surface area contributed by atoms with Gasteiger partial charge in [0.15, 0.2) is 0 Å². The monoisotopic (exact) mass is 253 g/mol. The van der Waals surface area contributed by atoms with E-state index in [9.17, 15) is 0 Å². The highest BCUT2D eigenvalue weighted by Gasteiger charge is 2.01. The molecule has 0 radical (unpaired) electrons. The van der Waals surface area contributed by atoms with Crippen LogP contribution in [0.15, 0.2) is 41.4 Å². The summed E-state index contributed by atoms with van der Waals surface area (Å²) < 4.78 is 5.21. The molecule has 0 heterocycles. The highest BCUT2D eigenvalue weighted by atomic mass is 16.5. The molecule has 0 N–H and O–H groups in total. The first kappa shape index (κ1) is 13.3. The van der Waals surface area contributed by atoms with Gasteiger partial charge in [0.05, 0.1) is 12.8 Å². The van der Waals surface area contributed by atoms with E-state index >= 15 is 0 Å². The molecule has 0 saturated heterocycles. The van der Waals surface area contributed by atoms with E-state index < -0.39 is 0 Å². The zero-order chi connectivity index (χ0) is 13.8. The van der Waals surface area contributed by atoms with Crippen molar-refractivity contribution in [1.82, 2.24) is 0 Å². The fraction of sp³-hybridized carbons (Fsp3) is 0.235. The minimum atomic E-state index is 0.848. The summed E-state index contributed by atoms with van der Waals surface area (Å²) in [6.07, 6.45) is 1.88. The number of nitrogens with zero attached hydrogens (tertiary/aromatic N) is 1. The van der Waals surface area contributed by atoms with Crippen molar-refractivity contribution in [2.75, 3.05) is 7.11 Å². The molecule has 0 aliphatic heterocycles. The summed E-state index contributed by atoms with van der Waals surface area (Å²) in [6.45, 7) is 6.30. The second-order valence-corrected chi connectivity index (χ2v) is 4.78. The van der Waals surface area contributed by atoms with E-state index in [1.165, 1.54) is 16.7 Å². The number of ether oxygens (including phenoxy) is 1. The van der Waals surface area contributed by atoms with Crippen LogP contribution in [0.5, 0.6) is 5.75 Å². The van der Waals surface area contributed by atoms with Crippen molar-refractivity contribution < 1.29 is 4.74 Å². The first-order chi connectivity index (χ1) is 9.10. The van der Waals surface area contributed by atoms with Gasteiger partial charge in [-0.05, 0) is 49.6 Å². The van der Waals surface area contributed by atoms with Gasteiger partial charge in [0.1, 0.15) is 5.75 Å². The van der Waals surface area contributed by atoms with Crippen LogP contribution in [-0.2, 0) is 0 Å². The normalized spacial score (nSPS) is 10.9.